The lowest BCUT2D eigenvalue weighted by atomic mass is 10.1. The summed E-state index contributed by atoms with van der Waals surface area (Å²) in [6.07, 6.45) is 1.01. The summed E-state index contributed by atoms with van der Waals surface area (Å²) in [6.45, 7) is 4.47. The van der Waals surface area contributed by atoms with Gasteiger partial charge in [-0.3, -0.25) is 0 Å². The van der Waals surface area contributed by atoms with Crippen molar-refractivity contribution in [1.29, 1.82) is 0 Å². The molecule has 0 atom stereocenters. The van der Waals surface area contributed by atoms with Gasteiger partial charge in [-0.2, -0.15) is 0 Å². The fraction of sp³-hybridized carbons (Fsp3) is 0.286. The second-order valence-electron chi connectivity index (χ2n) is 4.38. The van der Waals surface area contributed by atoms with Gasteiger partial charge in [0, 0.05) is 21.9 Å². The summed E-state index contributed by atoms with van der Waals surface area (Å²) in [6, 6.07) is 12.6. The average Bonchev–Trinajstić information content (AvgIpc) is 2.70. The summed E-state index contributed by atoms with van der Waals surface area (Å²) >= 11 is 1.91. The lowest BCUT2D eigenvalue weighted by molar-refractivity contribution is 0.890. The molecule has 0 amide bonds. The fourth-order valence-corrected chi connectivity index (χ4v) is 2.69. The van der Waals surface area contributed by atoms with Crippen molar-refractivity contribution in [3.63, 3.8) is 0 Å². The van der Waals surface area contributed by atoms with Crippen LogP contribution in [0.4, 0.5) is 5.69 Å². The smallest absolute Gasteiger partial charge is 0.0314 e. The first-order chi connectivity index (χ1) is 7.65. The molecule has 0 aliphatic rings. The van der Waals surface area contributed by atoms with Gasteiger partial charge in [0.2, 0.25) is 0 Å². The van der Waals surface area contributed by atoms with Gasteiger partial charge in [-0.15, -0.1) is 11.3 Å². The molecule has 0 saturated heterocycles. The Hall–Kier alpha value is -1.28. The molecular formula is C14H17NS. The Balaban J connectivity index is 2.11. The van der Waals surface area contributed by atoms with E-state index in [1.807, 2.05) is 23.5 Å². The Morgan fingerprint density at radius 3 is 2.31 bits per heavy atom. The van der Waals surface area contributed by atoms with Crippen LogP contribution >= 0.6 is 11.3 Å². The molecule has 0 aliphatic heterocycles. The molecule has 1 heterocycles. The van der Waals surface area contributed by atoms with Crippen LogP contribution in [0.3, 0.4) is 0 Å². The minimum absolute atomic E-state index is 0.630. The highest BCUT2D eigenvalue weighted by Crippen LogP contribution is 2.26. The van der Waals surface area contributed by atoms with Crippen molar-refractivity contribution in [2.75, 3.05) is 5.73 Å². The minimum atomic E-state index is 0.630. The zero-order valence-corrected chi connectivity index (χ0v) is 10.6. The third kappa shape index (κ3) is 2.64. The maximum absolute atomic E-state index is 5.67. The number of anilines is 1. The van der Waals surface area contributed by atoms with Crippen LogP contribution in [0.2, 0.25) is 0 Å². The molecule has 84 valence electrons. The third-order valence-electron chi connectivity index (χ3n) is 2.61. The summed E-state index contributed by atoms with van der Waals surface area (Å²) < 4.78 is 0. The summed E-state index contributed by atoms with van der Waals surface area (Å²) in [4.78, 5) is 2.89. The number of nitrogens with two attached hydrogens (primary N) is 1. The van der Waals surface area contributed by atoms with E-state index in [0.29, 0.717) is 5.92 Å². The second kappa shape index (κ2) is 4.71. The molecule has 16 heavy (non-hydrogen) atoms. The van der Waals surface area contributed by atoms with E-state index >= 15 is 0 Å². The maximum Gasteiger partial charge on any atom is 0.0314 e. The van der Waals surface area contributed by atoms with Gasteiger partial charge in [0.1, 0.15) is 0 Å². The van der Waals surface area contributed by atoms with E-state index in [-0.39, 0.29) is 0 Å². The minimum Gasteiger partial charge on any atom is -0.399 e. The molecule has 0 aliphatic carbocycles. The van der Waals surface area contributed by atoms with Crippen LogP contribution in [0.1, 0.15) is 35.1 Å². The summed E-state index contributed by atoms with van der Waals surface area (Å²) in [5.41, 5.74) is 7.82. The molecule has 0 unspecified atom stereocenters. The monoisotopic (exact) mass is 231 g/mol. The van der Waals surface area contributed by atoms with Gasteiger partial charge in [-0.05, 0) is 35.7 Å². The van der Waals surface area contributed by atoms with Crippen LogP contribution < -0.4 is 5.73 Å². The number of thiophene rings is 1. The molecule has 2 aromatic rings. The first-order valence-electron chi connectivity index (χ1n) is 5.58. The van der Waals surface area contributed by atoms with Crippen LogP contribution in [0, 0.1) is 0 Å². The first kappa shape index (κ1) is 11.2. The summed E-state index contributed by atoms with van der Waals surface area (Å²) in [5, 5.41) is 0. The van der Waals surface area contributed by atoms with Gasteiger partial charge in [0.25, 0.3) is 0 Å². The standard InChI is InChI=1S/C14H17NS/c1-10(2)14-8-7-13(16-14)9-11-3-5-12(15)6-4-11/h3-8,10H,9,15H2,1-2H3. The van der Waals surface area contributed by atoms with Crippen LogP contribution in [0.25, 0.3) is 0 Å². The Bertz CT molecular complexity index is 454. The van der Waals surface area contributed by atoms with E-state index in [1.54, 1.807) is 0 Å². The van der Waals surface area contributed by atoms with Gasteiger partial charge in [-0.25, -0.2) is 0 Å². The lowest BCUT2D eigenvalue weighted by Gasteiger charge is -2.00. The van der Waals surface area contributed by atoms with Crippen molar-refractivity contribution >= 4 is 17.0 Å². The number of hydrogen-bond acceptors (Lipinski definition) is 2. The Labute approximate surface area is 101 Å². The molecule has 0 spiro atoms. The largest absolute Gasteiger partial charge is 0.399 e. The van der Waals surface area contributed by atoms with Gasteiger partial charge in [0.05, 0.1) is 0 Å². The van der Waals surface area contributed by atoms with E-state index in [9.17, 15) is 0 Å². The second-order valence-corrected chi connectivity index (χ2v) is 5.58. The third-order valence-corrected chi connectivity index (χ3v) is 4.00. The fourth-order valence-electron chi connectivity index (χ4n) is 1.64. The van der Waals surface area contributed by atoms with Crippen molar-refractivity contribution in [2.24, 2.45) is 0 Å². The van der Waals surface area contributed by atoms with E-state index in [0.717, 1.165) is 12.1 Å². The molecule has 0 saturated carbocycles. The first-order valence-corrected chi connectivity index (χ1v) is 6.40. The number of nitrogen functional groups attached to an aromatic ring is 1. The molecule has 2 N–H and O–H groups in total. The zero-order valence-electron chi connectivity index (χ0n) is 9.73. The maximum atomic E-state index is 5.67. The van der Waals surface area contributed by atoms with Gasteiger partial charge in [0.15, 0.2) is 0 Å². The van der Waals surface area contributed by atoms with Crippen LogP contribution in [0.15, 0.2) is 36.4 Å². The number of benzene rings is 1. The Morgan fingerprint density at radius 1 is 1.06 bits per heavy atom. The molecule has 0 fully saturated rings. The van der Waals surface area contributed by atoms with Crippen LogP contribution in [-0.2, 0) is 6.42 Å². The van der Waals surface area contributed by atoms with Crippen molar-refractivity contribution in [2.45, 2.75) is 26.2 Å². The molecule has 2 rings (SSSR count). The highest BCUT2D eigenvalue weighted by molar-refractivity contribution is 7.12. The number of hydrogen-bond donors (Lipinski definition) is 1. The average molecular weight is 231 g/mol. The molecule has 1 aromatic heterocycles. The molecular weight excluding hydrogens is 214 g/mol. The molecule has 0 bridgehead atoms. The molecule has 0 radical (unpaired) electrons. The lowest BCUT2D eigenvalue weighted by Crippen LogP contribution is -1.87. The highest BCUT2D eigenvalue weighted by atomic mass is 32.1. The molecule has 1 aromatic carbocycles. The van der Waals surface area contributed by atoms with Crippen molar-refractivity contribution in [3.05, 3.63) is 51.7 Å². The van der Waals surface area contributed by atoms with Crippen LogP contribution in [-0.4, -0.2) is 0 Å². The SMILES string of the molecule is CC(C)c1ccc(Cc2ccc(N)cc2)s1. The summed E-state index contributed by atoms with van der Waals surface area (Å²) in [5.74, 6) is 0.630. The van der Waals surface area contributed by atoms with Crippen molar-refractivity contribution in [1.82, 2.24) is 0 Å². The number of rotatable bonds is 3. The van der Waals surface area contributed by atoms with Gasteiger partial charge >= 0.3 is 0 Å². The van der Waals surface area contributed by atoms with E-state index in [1.165, 1.54) is 15.3 Å². The normalized spacial score (nSPS) is 10.9. The van der Waals surface area contributed by atoms with E-state index in [4.69, 9.17) is 5.73 Å². The van der Waals surface area contributed by atoms with Gasteiger partial charge in [-0.1, -0.05) is 26.0 Å². The summed E-state index contributed by atoms with van der Waals surface area (Å²) in [7, 11) is 0. The topological polar surface area (TPSA) is 26.0 Å². The quantitative estimate of drug-likeness (QED) is 0.792. The van der Waals surface area contributed by atoms with Crippen LogP contribution in [0.5, 0.6) is 0 Å². The van der Waals surface area contributed by atoms with Gasteiger partial charge < -0.3 is 5.73 Å². The van der Waals surface area contributed by atoms with Crippen molar-refractivity contribution in [3.8, 4) is 0 Å². The highest BCUT2D eigenvalue weighted by Gasteiger charge is 2.04. The molecule has 1 nitrogen and oxygen atoms in total. The van der Waals surface area contributed by atoms with E-state index < -0.39 is 0 Å². The Kier molecular flexibility index (Phi) is 3.30. The predicted molar refractivity (Wildman–Crippen MR) is 72.1 cm³/mol. The zero-order chi connectivity index (χ0) is 11.5. The molecule has 2 heteroatoms. The predicted octanol–water partition coefficient (Wildman–Crippen LogP) is 4.04. The Morgan fingerprint density at radius 2 is 1.75 bits per heavy atom. The van der Waals surface area contributed by atoms with Crippen molar-refractivity contribution < 1.29 is 0 Å². The van der Waals surface area contributed by atoms with E-state index in [2.05, 4.69) is 38.1 Å².